The summed E-state index contributed by atoms with van der Waals surface area (Å²) < 4.78 is 34.2. The summed E-state index contributed by atoms with van der Waals surface area (Å²) in [7, 11) is -4.04. The van der Waals surface area contributed by atoms with Gasteiger partial charge in [-0.3, -0.25) is 9.63 Å². The van der Waals surface area contributed by atoms with Crippen molar-refractivity contribution in [2.75, 3.05) is 12.5 Å². The summed E-state index contributed by atoms with van der Waals surface area (Å²) >= 11 is 5.65. The Hall–Kier alpha value is -2.13. The van der Waals surface area contributed by atoms with Crippen molar-refractivity contribution >= 4 is 27.5 Å². The molecular weight excluding hydrogens is 464 g/mol. The van der Waals surface area contributed by atoms with Crippen LogP contribution in [0.25, 0.3) is 0 Å². The second-order valence-electron chi connectivity index (χ2n) is 8.91. The van der Waals surface area contributed by atoms with Gasteiger partial charge in [-0.15, -0.1) is 11.6 Å². The fourth-order valence-corrected chi connectivity index (χ4v) is 4.91. The van der Waals surface area contributed by atoms with E-state index in [2.05, 4.69) is 5.48 Å². The van der Waals surface area contributed by atoms with Gasteiger partial charge < -0.3 is 4.74 Å². The number of hydrogen-bond acceptors (Lipinski definition) is 5. The third-order valence-corrected chi connectivity index (χ3v) is 6.62. The smallest absolute Gasteiger partial charge is 0.262 e. The first-order chi connectivity index (χ1) is 15.5. The lowest BCUT2D eigenvalue weighted by atomic mass is 10.0. The highest BCUT2D eigenvalue weighted by Crippen LogP contribution is 2.26. The summed E-state index contributed by atoms with van der Waals surface area (Å²) in [6.07, 6.45) is 0. The zero-order valence-electron chi connectivity index (χ0n) is 19.7. The summed E-state index contributed by atoms with van der Waals surface area (Å²) in [5.41, 5.74) is 2.59. The number of carbonyl (C=O) groups excluding carboxylic acids is 1. The number of amides is 1. The first kappa shape index (κ1) is 27.1. The van der Waals surface area contributed by atoms with Crippen molar-refractivity contribution in [3.63, 3.8) is 0 Å². The Morgan fingerprint density at radius 3 is 2.18 bits per heavy atom. The van der Waals surface area contributed by atoms with Crippen molar-refractivity contribution in [3.05, 3.63) is 60.2 Å². The van der Waals surface area contributed by atoms with Gasteiger partial charge in [0.05, 0.1) is 16.4 Å². The zero-order valence-corrected chi connectivity index (χ0v) is 21.3. The van der Waals surface area contributed by atoms with E-state index in [1.165, 1.54) is 16.4 Å². The molecule has 2 aromatic rings. The summed E-state index contributed by atoms with van der Waals surface area (Å²) in [6, 6.07) is 14.3. The number of hydroxylamine groups is 1. The number of sulfonamides is 1. The maximum Gasteiger partial charge on any atom is 0.262 e. The van der Waals surface area contributed by atoms with Gasteiger partial charge >= 0.3 is 0 Å². The van der Waals surface area contributed by atoms with Crippen LogP contribution < -0.4 is 10.2 Å². The molecule has 0 aliphatic rings. The van der Waals surface area contributed by atoms with Gasteiger partial charge in [-0.1, -0.05) is 44.2 Å². The largest absolute Gasteiger partial charge is 0.492 e. The Morgan fingerprint density at radius 2 is 1.67 bits per heavy atom. The Morgan fingerprint density at radius 1 is 1.06 bits per heavy atom. The fraction of sp³-hybridized carbons (Fsp3) is 0.458. The minimum absolute atomic E-state index is 0.0272. The fourth-order valence-electron chi connectivity index (χ4n) is 3.13. The van der Waals surface area contributed by atoms with Crippen molar-refractivity contribution < 1.29 is 22.8 Å². The van der Waals surface area contributed by atoms with Gasteiger partial charge in [0.2, 0.25) is 10.0 Å². The van der Waals surface area contributed by atoms with Gasteiger partial charge in [-0.05, 0) is 56.5 Å². The summed E-state index contributed by atoms with van der Waals surface area (Å²) in [6.45, 7) is 9.34. The molecule has 2 rings (SSSR count). The van der Waals surface area contributed by atoms with Crippen molar-refractivity contribution in [3.8, 4) is 5.75 Å². The maximum atomic E-state index is 13.8. The van der Waals surface area contributed by atoms with Crippen LogP contribution in [0.4, 0.5) is 0 Å². The lowest BCUT2D eigenvalue weighted by Gasteiger charge is -2.33. The highest BCUT2D eigenvalue weighted by atomic mass is 35.5. The number of carbonyl (C=O) groups is 1. The third kappa shape index (κ3) is 7.99. The van der Waals surface area contributed by atoms with Gasteiger partial charge in [0.1, 0.15) is 18.4 Å². The molecule has 1 N–H and O–H groups in total. The number of nitrogens with zero attached hydrogens (tertiary/aromatic N) is 1. The molecule has 0 fully saturated rings. The molecule has 0 saturated heterocycles. The van der Waals surface area contributed by atoms with Crippen LogP contribution in [0.3, 0.4) is 0 Å². The molecule has 1 atom stereocenters. The van der Waals surface area contributed by atoms with Crippen LogP contribution in [0.15, 0.2) is 59.5 Å². The average Bonchev–Trinajstić information content (AvgIpc) is 2.76. The molecule has 0 bridgehead atoms. The Labute approximate surface area is 202 Å². The van der Waals surface area contributed by atoms with Gasteiger partial charge in [0.25, 0.3) is 5.91 Å². The number of benzene rings is 2. The Balaban J connectivity index is 2.45. The van der Waals surface area contributed by atoms with Crippen LogP contribution in [0.2, 0.25) is 0 Å². The molecular formula is C24H33ClN2O5S. The maximum absolute atomic E-state index is 13.8. The van der Waals surface area contributed by atoms with E-state index >= 15 is 0 Å². The normalized spacial score (nSPS) is 13.2. The minimum atomic E-state index is -4.04. The molecule has 182 valence electrons. The summed E-state index contributed by atoms with van der Waals surface area (Å²) in [5.74, 6) is -0.00646. The molecule has 1 amide bonds. The predicted molar refractivity (Wildman–Crippen MR) is 129 cm³/mol. The number of alkyl halides is 1. The molecule has 0 unspecified atom stereocenters. The molecule has 0 aliphatic heterocycles. The third-order valence-electron chi connectivity index (χ3n) is 4.63. The lowest BCUT2D eigenvalue weighted by Crippen LogP contribution is -2.52. The number of rotatable bonds is 11. The average molecular weight is 497 g/mol. The molecule has 0 saturated carbocycles. The van der Waals surface area contributed by atoms with Crippen LogP contribution in [0.5, 0.6) is 5.75 Å². The van der Waals surface area contributed by atoms with Crippen LogP contribution in [0, 0.1) is 5.92 Å². The zero-order chi connectivity index (χ0) is 24.6. The number of nitrogens with one attached hydrogen (secondary N) is 1. The molecule has 0 heterocycles. The molecule has 33 heavy (non-hydrogen) atoms. The summed E-state index contributed by atoms with van der Waals surface area (Å²) in [5, 5.41) is 0. The molecule has 7 nitrogen and oxygen atoms in total. The van der Waals surface area contributed by atoms with Crippen LogP contribution >= 0.6 is 11.6 Å². The topological polar surface area (TPSA) is 84.9 Å². The number of ether oxygens (including phenoxy) is 1. The van der Waals surface area contributed by atoms with E-state index in [9.17, 15) is 13.2 Å². The van der Waals surface area contributed by atoms with Crippen molar-refractivity contribution in [2.24, 2.45) is 5.92 Å². The quantitative estimate of drug-likeness (QED) is 0.369. The van der Waals surface area contributed by atoms with E-state index < -0.39 is 27.6 Å². The van der Waals surface area contributed by atoms with E-state index in [1.54, 1.807) is 46.8 Å². The van der Waals surface area contributed by atoms with Crippen molar-refractivity contribution in [1.82, 2.24) is 9.79 Å². The van der Waals surface area contributed by atoms with Gasteiger partial charge in [-0.2, -0.15) is 4.31 Å². The van der Waals surface area contributed by atoms with Gasteiger partial charge in [0, 0.05) is 6.54 Å². The molecule has 0 spiro atoms. The van der Waals surface area contributed by atoms with E-state index in [1.807, 2.05) is 30.3 Å². The minimum Gasteiger partial charge on any atom is -0.492 e. The van der Waals surface area contributed by atoms with E-state index in [4.69, 9.17) is 21.2 Å². The molecule has 0 radical (unpaired) electrons. The SMILES string of the molecule is CC(C)[C@H](C(=O)NOC(C)(C)C)N(Cc1ccccc1)S(=O)(=O)c1ccc(OCCCl)cc1. The van der Waals surface area contributed by atoms with Gasteiger partial charge in [-0.25, -0.2) is 13.9 Å². The first-order valence-corrected chi connectivity index (χ1v) is 12.8. The van der Waals surface area contributed by atoms with Crippen LogP contribution in [0.1, 0.15) is 40.2 Å². The molecule has 2 aromatic carbocycles. The molecule has 0 aromatic heterocycles. The highest BCUT2D eigenvalue weighted by molar-refractivity contribution is 7.89. The number of halogens is 1. The second-order valence-corrected chi connectivity index (χ2v) is 11.2. The van der Waals surface area contributed by atoms with E-state index in [0.29, 0.717) is 18.2 Å². The van der Waals surface area contributed by atoms with E-state index in [-0.39, 0.29) is 17.4 Å². The molecule has 0 aliphatic carbocycles. The lowest BCUT2D eigenvalue weighted by molar-refractivity contribution is -0.151. The molecule has 9 heteroatoms. The van der Waals surface area contributed by atoms with Crippen LogP contribution in [-0.4, -0.2) is 42.8 Å². The first-order valence-electron chi connectivity index (χ1n) is 10.8. The van der Waals surface area contributed by atoms with Crippen LogP contribution in [-0.2, 0) is 26.2 Å². The predicted octanol–water partition coefficient (Wildman–Crippen LogP) is 4.37. The standard InChI is InChI=1S/C24H33ClN2O5S/c1-18(2)22(23(28)26-32-24(3,4)5)27(17-19-9-7-6-8-10-19)33(29,30)21-13-11-20(12-14-21)31-16-15-25/h6-14,18,22H,15-17H2,1-5H3,(H,26,28)/t22-/m1/s1. The Kier molecular flexibility index (Phi) is 9.72. The van der Waals surface area contributed by atoms with E-state index in [0.717, 1.165) is 5.56 Å². The summed E-state index contributed by atoms with van der Waals surface area (Å²) in [4.78, 5) is 18.6. The second kappa shape index (κ2) is 11.8. The monoisotopic (exact) mass is 496 g/mol. The Bertz CT molecular complexity index is 990. The number of hydrogen-bond donors (Lipinski definition) is 1. The van der Waals surface area contributed by atoms with Crippen molar-refractivity contribution in [2.45, 2.75) is 57.7 Å². The van der Waals surface area contributed by atoms with Gasteiger partial charge in [0.15, 0.2) is 0 Å². The highest BCUT2D eigenvalue weighted by Gasteiger charge is 2.38. The van der Waals surface area contributed by atoms with Crippen molar-refractivity contribution in [1.29, 1.82) is 0 Å².